The predicted octanol–water partition coefficient (Wildman–Crippen LogP) is 5.15. The fourth-order valence-corrected chi connectivity index (χ4v) is 4.41. The molecule has 140 valence electrons. The third-order valence-corrected chi connectivity index (χ3v) is 6.47. The fraction of sp³-hybridized carbons (Fsp3) is 0.182. The zero-order valence-corrected chi connectivity index (χ0v) is 16.4. The van der Waals surface area contributed by atoms with E-state index in [1.165, 1.54) is 16.4 Å². The number of sulfonamides is 1. The maximum absolute atomic E-state index is 13.4. The van der Waals surface area contributed by atoms with Crippen LogP contribution >= 0.6 is 0 Å². The van der Waals surface area contributed by atoms with Gasteiger partial charge in [-0.3, -0.25) is 4.31 Å². The van der Waals surface area contributed by atoms with Crippen molar-refractivity contribution in [3.8, 4) is 0 Å². The smallest absolute Gasteiger partial charge is 0.262 e. The third kappa shape index (κ3) is 4.03. The number of hydrogen-bond acceptors (Lipinski definition) is 2. The second-order valence-corrected chi connectivity index (χ2v) is 8.53. The van der Waals surface area contributed by atoms with Crippen LogP contribution < -0.4 is 4.31 Å². The Balaban J connectivity index is 2.13. The van der Waals surface area contributed by atoms with Crippen molar-refractivity contribution >= 4 is 15.7 Å². The van der Waals surface area contributed by atoms with E-state index in [2.05, 4.69) is 0 Å². The molecule has 0 radical (unpaired) electrons. The molecule has 3 nitrogen and oxygen atoms in total. The van der Waals surface area contributed by atoms with Crippen molar-refractivity contribution < 1.29 is 12.8 Å². The van der Waals surface area contributed by atoms with Crippen LogP contribution in [0, 0.1) is 26.6 Å². The van der Waals surface area contributed by atoms with Crippen LogP contribution in [0.2, 0.25) is 0 Å². The van der Waals surface area contributed by atoms with E-state index in [4.69, 9.17) is 0 Å². The van der Waals surface area contributed by atoms with E-state index in [1.54, 1.807) is 42.5 Å². The SMILES string of the molecule is Cc1ccc(S(=O)(=O)N(Cc2ccc(F)cc2)c2cccc(C)c2C)cc1. The highest BCUT2D eigenvalue weighted by Gasteiger charge is 2.26. The quantitative estimate of drug-likeness (QED) is 0.611. The second-order valence-electron chi connectivity index (χ2n) is 6.67. The number of halogens is 1. The second kappa shape index (κ2) is 7.53. The van der Waals surface area contributed by atoms with Crippen molar-refractivity contribution in [2.24, 2.45) is 0 Å². The van der Waals surface area contributed by atoms with Crippen LogP contribution in [0.4, 0.5) is 10.1 Å². The van der Waals surface area contributed by atoms with E-state index in [1.807, 2.05) is 32.9 Å². The van der Waals surface area contributed by atoms with Gasteiger partial charge in [-0.2, -0.15) is 0 Å². The topological polar surface area (TPSA) is 37.4 Å². The molecular formula is C22H22FNO2S. The van der Waals surface area contributed by atoms with Crippen LogP contribution in [0.25, 0.3) is 0 Å². The Kier molecular flexibility index (Phi) is 5.33. The number of rotatable bonds is 5. The number of benzene rings is 3. The van der Waals surface area contributed by atoms with Gasteiger partial charge in [0, 0.05) is 0 Å². The number of hydrogen-bond donors (Lipinski definition) is 0. The maximum Gasteiger partial charge on any atom is 0.264 e. The van der Waals surface area contributed by atoms with Gasteiger partial charge >= 0.3 is 0 Å². The molecule has 0 aliphatic rings. The molecule has 0 N–H and O–H groups in total. The monoisotopic (exact) mass is 383 g/mol. The van der Waals surface area contributed by atoms with Gasteiger partial charge in [0.15, 0.2) is 0 Å². The van der Waals surface area contributed by atoms with Crippen molar-refractivity contribution in [2.75, 3.05) is 4.31 Å². The van der Waals surface area contributed by atoms with Crippen molar-refractivity contribution in [2.45, 2.75) is 32.2 Å². The summed E-state index contributed by atoms with van der Waals surface area (Å²) >= 11 is 0. The van der Waals surface area contributed by atoms with Gasteiger partial charge in [0.25, 0.3) is 10.0 Å². The molecule has 0 aliphatic heterocycles. The summed E-state index contributed by atoms with van der Waals surface area (Å²) in [6.45, 7) is 5.90. The molecule has 3 aromatic rings. The van der Waals surface area contributed by atoms with Crippen LogP contribution in [0.5, 0.6) is 0 Å². The summed E-state index contributed by atoms with van der Waals surface area (Å²) in [6.07, 6.45) is 0. The molecule has 0 atom stereocenters. The minimum atomic E-state index is -3.78. The van der Waals surface area contributed by atoms with Gasteiger partial charge in [-0.15, -0.1) is 0 Å². The predicted molar refractivity (Wildman–Crippen MR) is 107 cm³/mol. The van der Waals surface area contributed by atoms with E-state index in [0.29, 0.717) is 11.3 Å². The Labute approximate surface area is 160 Å². The average molecular weight is 383 g/mol. The molecule has 0 bridgehead atoms. The van der Waals surface area contributed by atoms with Crippen LogP contribution in [-0.4, -0.2) is 8.42 Å². The summed E-state index contributed by atoms with van der Waals surface area (Å²) in [5.74, 6) is -0.349. The highest BCUT2D eigenvalue weighted by Crippen LogP contribution is 2.30. The van der Waals surface area contributed by atoms with Crippen molar-refractivity contribution in [1.29, 1.82) is 0 Å². The Morgan fingerprint density at radius 1 is 0.852 bits per heavy atom. The zero-order valence-electron chi connectivity index (χ0n) is 15.6. The van der Waals surface area contributed by atoms with Gasteiger partial charge in [-0.25, -0.2) is 12.8 Å². The molecule has 0 spiro atoms. The summed E-state index contributed by atoms with van der Waals surface area (Å²) < 4.78 is 41.5. The molecular weight excluding hydrogens is 361 g/mol. The summed E-state index contributed by atoms with van der Waals surface area (Å²) in [5.41, 5.74) is 4.24. The summed E-state index contributed by atoms with van der Waals surface area (Å²) in [4.78, 5) is 0.233. The van der Waals surface area contributed by atoms with Crippen LogP contribution in [0.1, 0.15) is 22.3 Å². The summed E-state index contributed by atoms with van der Waals surface area (Å²) in [5, 5.41) is 0. The Bertz CT molecular complexity index is 1040. The summed E-state index contributed by atoms with van der Waals surface area (Å²) in [7, 11) is -3.78. The largest absolute Gasteiger partial charge is 0.264 e. The fourth-order valence-electron chi connectivity index (χ4n) is 2.90. The zero-order chi connectivity index (χ0) is 19.6. The lowest BCUT2D eigenvalue weighted by Gasteiger charge is -2.27. The molecule has 0 saturated carbocycles. The van der Waals surface area contributed by atoms with E-state index < -0.39 is 10.0 Å². The average Bonchev–Trinajstić information content (AvgIpc) is 2.64. The minimum absolute atomic E-state index is 0.126. The minimum Gasteiger partial charge on any atom is -0.262 e. The van der Waals surface area contributed by atoms with Crippen LogP contribution in [-0.2, 0) is 16.6 Å². The van der Waals surface area contributed by atoms with Crippen LogP contribution in [0.15, 0.2) is 71.6 Å². The molecule has 0 fully saturated rings. The number of nitrogens with zero attached hydrogens (tertiary/aromatic N) is 1. The lowest BCUT2D eigenvalue weighted by Crippen LogP contribution is -2.31. The number of aryl methyl sites for hydroxylation is 2. The van der Waals surface area contributed by atoms with Gasteiger partial charge in [-0.1, -0.05) is 42.0 Å². The first-order valence-electron chi connectivity index (χ1n) is 8.69. The maximum atomic E-state index is 13.4. The Morgan fingerprint density at radius 2 is 1.48 bits per heavy atom. The molecule has 27 heavy (non-hydrogen) atoms. The first-order valence-corrected chi connectivity index (χ1v) is 10.1. The standard InChI is InChI=1S/C22H22FNO2S/c1-16-7-13-21(14-8-16)27(25,26)24(15-19-9-11-20(23)12-10-19)22-6-4-5-17(2)18(22)3/h4-14H,15H2,1-3H3. The molecule has 0 heterocycles. The van der Waals surface area contributed by atoms with Gasteiger partial charge in [0.05, 0.1) is 17.1 Å². The van der Waals surface area contributed by atoms with Gasteiger partial charge in [-0.05, 0) is 67.8 Å². The first-order chi connectivity index (χ1) is 12.8. The third-order valence-electron chi connectivity index (χ3n) is 4.69. The lowest BCUT2D eigenvalue weighted by atomic mass is 10.1. The molecule has 0 aliphatic carbocycles. The molecule has 0 saturated heterocycles. The first kappa shape index (κ1) is 19.1. The van der Waals surface area contributed by atoms with Gasteiger partial charge in [0.1, 0.15) is 5.82 Å². The van der Waals surface area contributed by atoms with E-state index >= 15 is 0 Å². The Morgan fingerprint density at radius 3 is 2.11 bits per heavy atom. The summed E-state index contributed by atoms with van der Waals surface area (Å²) in [6, 6.07) is 18.3. The lowest BCUT2D eigenvalue weighted by molar-refractivity contribution is 0.590. The van der Waals surface area contributed by atoms with E-state index in [0.717, 1.165) is 16.7 Å². The molecule has 3 rings (SSSR count). The highest BCUT2D eigenvalue weighted by molar-refractivity contribution is 7.92. The molecule has 0 aromatic heterocycles. The van der Waals surface area contributed by atoms with E-state index in [-0.39, 0.29) is 17.3 Å². The van der Waals surface area contributed by atoms with Gasteiger partial charge < -0.3 is 0 Å². The Hall–Kier alpha value is -2.66. The molecule has 3 aromatic carbocycles. The van der Waals surface area contributed by atoms with Gasteiger partial charge in [0.2, 0.25) is 0 Å². The van der Waals surface area contributed by atoms with Crippen molar-refractivity contribution in [3.63, 3.8) is 0 Å². The van der Waals surface area contributed by atoms with Crippen molar-refractivity contribution in [3.05, 3.63) is 94.8 Å². The molecule has 0 unspecified atom stereocenters. The van der Waals surface area contributed by atoms with E-state index in [9.17, 15) is 12.8 Å². The normalized spacial score (nSPS) is 11.4. The molecule has 5 heteroatoms. The number of anilines is 1. The van der Waals surface area contributed by atoms with Crippen molar-refractivity contribution in [1.82, 2.24) is 0 Å². The van der Waals surface area contributed by atoms with Crippen LogP contribution in [0.3, 0.4) is 0 Å². The molecule has 0 amide bonds. The highest BCUT2D eigenvalue weighted by atomic mass is 32.2.